The summed E-state index contributed by atoms with van der Waals surface area (Å²) in [5.41, 5.74) is 3.62. The van der Waals surface area contributed by atoms with E-state index in [-0.39, 0.29) is 11.8 Å². The van der Waals surface area contributed by atoms with E-state index in [0.717, 1.165) is 22.4 Å². The first kappa shape index (κ1) is 23.3. The van der Waals surface area contributed by atoms with Gasteiger partial charge in [-0.15, -0.1) is 0 Å². The zero-order chi connectivity index (χ0) is 24.0. The van der Waals surface area contributed by atoms with E-state index in [0.29, 0.717) is 36.8 Å². The molecule has 1 saturated heterocycles. The Kier molecular flexibility index (Phi) is 6.01. The Balaban J connectivity index is 1.69. The van der Waals surface area contributed by atoms with Gasteiger partial charge in [-0.3, -0.25) is 9.59 Å². The van der Waals surface area contributed by atoms with E-state index < -0.39 is 11.1 Å². The summed E-state index contributed by atoms with van der Waals surface area (Å²) >= 11 is 6.43. The summed E-state index contributed by atoms with van der Waals surface area (Å²) in [7, 11) is 1.64. The standard InChI is InChI=1S/C26H30ClN3O3/c1-6-23(31)29-15-26(16-29,20-8-7-9-22(27)17(20)2)28-18-10-11-21-19(14-18)24(32)30(12-13-33-5)25(21,3)4/h6-11,14,28H,1,12-13,15-16H2,2-5H3. The second-order valence-electron chi connectivity index (χ2n) is 9.29. The van der Waals surface area contributed by atoms with Crippen LogP contribution < -0.4 is 5.32 Å². The molecule has 6 nitrogen and oxygen atoms in total. The Morgan fingerprint density at radius 3 is 2.64 bits per heavy atom. The number of hydrogen-bond donors (Lipinski definition) is 1. The van der Waals surface area contributed by atoms with Crippen molar-refractivity contribution in [2.24, 2.45) is 0 Å². The van der Waals surface area contributed by atoms with Crippen LogP contribution in [0.4, 0.5) is 5.69 Å². The molecule has 2 aliphatic heterocycles. The van der Waals surface area contributed by atoms with Crippen LogP contribution in [0.2, 0.25) is 5.02 Å². The molecule has 0 saturated carbocycles. The lowest BCUT2D eigenvalue weighted by atomic mass is 9.79. The van der Waals surface area contributed by atoms with Gasteiger partial charge in [0.15, 0.2) is 0 Å². The van der Waals surface area contributed by atoms with E-state index in [4.69, 9.17) is 16.3 Å². The first-order chi connectivity index (χ1) is 15.6. The van der Waals surface area contributed by atoms with Gasteiger partial charge >= 0.3 is 0 Å². The molecular formula is C26H30ClN3O3. The number of likely N-dealkylation sites (tertiary alicyclic amines) is 1. The fraction of sp³-hybridized carbons (Fsp3) is 0.385. The molecule has 2 aliphatic rings. The normalized spacial score (nSPS) is 18.0. The molecule has 0 aliphatic carbocycles. The third-order valence-electron chi connectivity index (χ3n) is 6.92. The number of halogens is 1. The molecule has 0 spiro atoms. The maximum Gasteiger partial charge on any atom is 0.255 e. The number of nitrogens with zero attached hydrogens (tertiary/aromatic N) is 2. The molecule has 2 heterocycles. The number of benzene rings is 2. The van der Waals surface area contributed by atoms with Gasteiger partial charge in [0.25, 0.3) is 5.91 Å². The molecule has 2 amide bonds. The van der Waals surface area contributed by atoms with Gasteiger partial charge in [0.1, 0.15) is 0 Å². The highest BCUT2D eigenvalue weighted by molar-refractivity contribution is 6.31. The van der Waals surface area contributed by atoms with Gasteiger partial charge in [-0.1, -0.05) is 36.4 Å². The smallest absolute Gasteiger partial charge is 0.255 e. The number of nitrogens with one attached hydrogen (secondary N) is 1. The molecule has 1 N–H and O–H groups in total. The summed E-state index contributed by atoms with van der Waals surface area (Å²) in [4.78, 5) is 29.0. The number of anilines is 1. The largest absolute Gasteiger partial charge is 0.383 e. The second kappa shape index (κ2) is 8.50. The van der Waals surface area contributed by atoms with Crippen LogP contribution >= 0.6 is 11.6 Å². The number of hydrogen-bond acceptors (Lipinski definition) is 4. The minimum Gasteiger partial charge on any atom is -0.383 e. The number of rotatable bonds is 7. The lowest BCUT2D eigenvalue weighted by molar-refractivity contribution is -0.132. The third kappa shape index (κ3) is 3.81. The first-order valence-electron chi connectivity index (χ1n) is 11.0. The highest BCUT2D eigenvalue weighted by atomic mass is 35.5. The van der Waals surface area contributed by atoms with Gasteiger partial charge in [0.05, 0.1) is 30.8 Å². The highest BCUT2D eigenvalue weighted by Gasteiger charge is 2.48. The summed E-state index contributed by atoms with van der Waals surface area (Å²) in [6.45, 7) is 11.7. The average Bonchev–Trinajstić information content (AvgIpc) is 2.95. The molecular weight excluding hydrogens is 438 g/mol. The topological polar surface area (TPSA) is 61.9 Å². The molecule has 2 aromatic rings. The predicted octanol–water partition coefficient (Wildman–Crippen LogP) is 4.32. The van der Waals surface area contributed by atoms with Crippen molar-refractivity contribution in [3.8, 4) is 0 Å². The number of carbonyl (C=O) groups is 2. The summed E-state index contributed by atoms with van der Waals surface area (Å²) < 4.78 is 5.21. The lowest BCUT2D eigenvalue weighted by Crippen LogP contribution is -2.65. The van der Waals surface area contributed by atoms with Crippen LogP contribution in [0.5, 0.6) is 0 Å². The van der Waals surface area contributed by atoms with Gasteiger partial charge < -0.3 is 19.9 Å². The highest BCUT2D eigenvalue weighted by Crippen LogP contribution is 2.42. The monoisotopic (exact) mass is 467 g/mol. The van der Waals surface area contributed by atoms with Gasteiger partial charge in [-0.05, 0) is 61.7 Å². The molecule has 0 radical (unpaired) electrons. The minimum atomic E-state index is -0.505. The average molecular weight is 468 g/mol. The molecule has 2 aromatic carbocycles. The molecule has 0 bridgehead atoms. The molecule has 7 heteroatoms. The van der Waals surface area contributed by atoms with Crippen molar-refractivity contribution in [3.05, 3.63) is 76.3 Å². The Labute approximate surface area is 200 Å². The summed E-state index contributed by atoms with van der Waals surface area (Å²) in [5, 5.41) is 4.32. The molecule has 4 rings (SSSR count). The molecule has 0 atom stereocenters. The van der Waals surface area contributed by atoms with E-state index in [1.165, 1.54) is 6.08 Å². The quantitative estimate of drug-likeness (QED) is 0.616. The van der Waals surface area contributed by atoms with Gasteiger partial charge in [-0.25, -0.2) is 0 Å². The van der Waals surface area contributed by atoms with Gasteiger partial charge in [-0.2, -0.15) is 0 Å². The maximum absolute atomic E-state index is 13.2. The van der Waals surface area contributed by atoms with Crippen molar-refractivity contribution in [1.29, 1.82) is 0 Å². The van der Waals surface area contributed by atoms with Crippen molar-refractivity contribution in [1.82, 2.24) is 9.80 Å². The van der Waals surface area contributed by atoms with Gasteiger partial charge in [0, 0.05) is 29.9 Å². The predicted molar refractivity (Wildman–Crippen MR) is 131 cm³/mol. The maximum atomic E-state index is 13.2. The van der Waals surface area contributed by atoms with Crippen LogP contribution in [0.1, 0.15) is 40.9 Å². The van der Waals surface area contributed by atoms with Crippen molar-refractivity contribution in [3.63, 3.8) is 0 Å². The summed E-state index contributed by atoms with van der Waals surface area (Å²) in [6, 6.07) is 11.8. The molecule has 33 heavy (non-hydrogen) atoms. The van der Waals surface area contributed by atoms with Crippen molar-refractivity contribution >= 4 is 29.1 Å². The first-order valence-corrected chi connectivity index (χ1v) is 11.4. The summed E-state index contributed by atoms with van der Waals surface area (Å²) in [5.74, 6) is -0.104. The summed E-state index contributed by atoms with van der Waals surface area (Å²) in [6.07, 6.45) is 1.33. The van der Waals surface area contributed by atoms with Crippen LogP contribution in [0.25, 0.3) is 0 Å². The molecule has 1 fully saturated rings. The fourth-order valence-corrected chi connectivity index (χ4v) is 5.22. The number of ether oxygens (including phenoxy) is 1. The third-order valence-corrected chi connectivity index (χ3v) is 7.33. The van der Waals surface area contributed by atoms with Crippen LogP contribution in [-0.2, 0) is 20.6 Å². The number of amides is 2. The van der Waals surface area contributed by atoms with Crippen molar-refractivity contribution in [2.75, 3.05) is 38.7 Å². The van der Waals surface area contributed by atoms with E-state index in [2.05, 4.69) is 25.7 Å². The van der Waals surface area contributed by atoms with Gasteiger partial charge in [0.2, 0.25) is 5.91 Å². The Hall–Kier alpha value is -2.83. The molecule has 0 aromatic heterocycles. The van der Waals surface area contributed by atoms with Crippen LogP contribution in [0, 0.1) is 6.92 Å². The Morgan fingerprint density at radius 1 is 1.24 bits per heavy atom. The Bertz CT molecular complexity index is 1120. The van der Waals surface area contributed by atoms with E-state index in [1.807, 2.05) is 48.2 Å². The van der Waals surface area contributed by atoms with Crippen LogP contribution in [0.3, 0.4) is 0 Å². The number of methoxy groups -OCH3 is 1. The van der Waals surface area contributed by atoms with Crippen LogP contribution in [-0.4, -0.2) is 55.0 Å². The SMILES string of the molecule is C=CC(=O)N1CC(Nc2ccc3c(c2)C(=O)N(CCOC)C3(C)C)(c2cccc(Cl)c2C)C1. The lowest BCUT2D eigenvalue weighted by Gasteiger charge is -2.51. The van der Waals surface area contributed by atoms with E-state index >= 15 is 0 Å². The van der Waals surface area contributed by atoms with Crippen molar-refractivity contribution in [2.45, 2.75) is 31.8 Å². The Morgan fingerprint density at radius 2 is 1.97 bits per heavy atom. The van der Waals surface area contributed by atoms with E-state index in [1.54, 1.807) is 12.0 Å². The minimum absolute atomic E-state index is 0.000701. The van der Waals surface area contributed by atoms with Crippen LogP contribution in [0.15, 0.2) is 49.1 Å². The number of carbonyl (C=O) groups excluding carboxylic acids is 2. The zero-order valence-corrected chi connectivity index (χ0v) is 20.3. The molecule has 0 unspecified atom stereocenters. The van der Waals surface area contributed by atoms with E-state index in [9.17, 15) is 9.59 Å². The van der Waals surface area contributed by atoms with Crippen molar-refractivity contribution < 1.29 is 14.3 Å². The molecule has 174 valence electrons. The zero-order valence-electron chi connectivity index (χ0n) is 19.6. The number of fused-ring (bicyclic) bond motifs is 1. The fourth-order valence-electron chi connectivity index (χ4n) is 5.05. The second-order valence-corrected chi connectivity index (χ2v) is 9.69.